The summed E-state index contributed by atoms with van der Waals surface area (Å²) in [5.41, 5.74) is 0.714. The van der Waals surface area contributed by atoms with Gasteiger partial charge in [-0.3, -0.25) is 0 Å². The van der Waals surface area contributed by atoms with E-state index in [4.69, 9.17) is 14.6 Å². The Morgan fingerprint density at radius 1 is 1.40 bits per heavy atom. The first-order valence-corrected chi connectivity index (χ1v) is 7.20. The van der Waals surface area contributed by atoms with E-state index in [1.807, 2.05) is 12.1 Å². The van der Waals surface area contributed by atoms with E-state index in [9.17, 15) is 4.79 Å². The zero-order valence-corrected chi connectivity index (χ0v) is 13.2. The van der Waals surface area contributed by atoms with Crippen LogP contribution in [0.25, 0.3) is 6.08 Å². The Morgan fingerprint density at radius 2 is 2.15 bits per heavy atom. The number of carboxylic acid groups (broad SMARTS) is 1. The molecule has 1 rings (SSSR count). The van der Waals surface area contributed by atoms with Crippen LogP contribution in [0.2, 0.25) is 0 Å². The highest BCUT2D eigenvalue weighted by Crippen LogP contribution is 2.30. The molecule has 0 aliphatic rings. The Kier molecular flexibility index (Phi) is 7.33. The summed E-state index contributed by atoms with van der Waals surface area (Å²) in [5.74, 6) is 0.127. The van der Waals surface area contributed by atoms with Gasteiger partial charge in [0, 0.05) is 18.2 Å². The summed E-state index contributed by atoms with van der Waals surface area (Å²) in [5, 5.41) is 8.67. The van der Waals surface area contributed by atoms with Crippen molar-refractivity contribution in [3.63, 3.8) is 0 Å². The smallest absolute Gasteiger partial charge is 0.328 e. The molecule has 0 amide bonds. The fraction of sp³-hybridized carbons (Fsp3) is 0.400. The van der Waals surface area contributed by atoms with Gasteiger partial charge in [0.25, 0.3) is 0 Å². The molecular weight excluding hydrogens is 324 g/mol. The minimum atomic E-state index is -0.990. The van der Waals surface area contributed by atoms with Crippen molar-refractivity contribution < 1.29 is 19.4 Å². The second kappa shape index (κ2) is 8.76. The standard InChI is InChI=1S/C15H19BrO4/c1-11(2)10-19-8-9-20-15-12(6-7-14(17)18)4-3-5-13(15)16/h3-7,11H,8-10H2,1-2H3,(H,17,18)/b7-6+. The molecule has 1 aromatic carbocycles. The number of para-hydroxylation sites is 1. The first kappa shape index (κ1) is 16.7. The van der Waals surface area contributed by atoms with E-state index in [2.05, 4.69) is 29.8 Å². The summed E-state index contributed by atoms with van der Waals surface area (Å²) in [6, 6.07) is 5.48. The molecule has 0 heterocycles. The zero-order chi connectivity index (χ0) is 15.0. The van der Waals surface area contributed by atoms with Crippen molar-refractivity contribution >= 4 is 28.0 Å². The molecule has 0 radical (unpaired) electrons. The van der Waals surface area contributed by atoms with E-state index in [0.717, 1.165) is 10.5 Å². The number of rotatable bonds is 8. The number of carboxylic acids is 1. The molecule has 0 fully saturated rings. The van der Waals surface area contributed by atoms with Gasteiger partial charge in [-0.25, -0.2) is 4.79 Å². The number of hydrogen-bond acceptors (Lipinski definition) is 3. The van der Waals surface area contributed by atoms with Crippen LogP contribution < -0.4 is 4.74 Å². The molecule has 1 aromatic rings. The van der Waals surface area contributed by atoms with Gasteiger partial charge in [0.2, 0.25) is 0 Å². The molecule has 0 aromatic heterocycles. The predicted molar refractivity (Wildman–Crippen MR) is 82.0 cm³/mol. The number of halogens is 1. The third kappa shape index (κ3) is 6.21. The molecule has 0 aliphatic carbocycles. The molecule has 0 saturated carbocycles. The highest BCUT2D eigenvalue weighted by Gasteiger charge is 2.06. The Morgan fingerprint density at radius 3 is 2.80 bits per heavy atom. The highest BCUT2D eigenvalue weighted by atomic mass is 79.9. The summed E-state index contributed by atoms with van der Waals surface area (Å²) in [7, 11) is 0. The van der Waals surface area contributed by atoms with E-state index in [1.165, 1.54) is 6.08 Å². The van der Waals surface area contributed by atoms with Gasteiger partial charge in [-0.2, -0.15) is 0 Å². The molecule has 0 bridgehead atoms. The number of hydrogen-bond donors (Lipinski definition) is 1. The average Bonchev–Trinajstić information content (AvgIpc) is 2.37. The second-order valence-electron chi connectivity index (χ2n) is 4.65. The van der Waals surface area contributed by atoms with Gasteiger partial charge in [0.05, 0.1) is 11.1 Å². The van der Waals surface area contributed by atoms with Crippen LogP contribution in [-0.2, 0) is 9.53 Å². The number of ether oxygens (including phenoxy) is 2. The Labute approximate surface area is 127 Å². The van der Waals surface area contributed by atoms with Gasteiger partial charge in [-0.05, 0) is 34.0 Å². The normalized spacial score (nSPS) is 11.2. The quantitative estimate of drug-likeness (QED) is 0.579. The van der Waals surface area contributed by atoms with Gasteiger partial charge in [-0.15, -0.1) is 0 Å². The molecule has 110 valence electrons. The maximum absolute atomic E-state index is 10.6. The van der Waals surface area contributed by atoms with Gasteiger partial charge in [0.15, 0.2) is 0 Å². The van der Waals surface area contributed by atoms with E-state index in [0.29, 0.717) is 37.1 Å². The van der Waals surface area contributed by atoms with Gasteiger partial charge in [-0.1, -0.05) is 26.0 Å². The molecule has 0 spiro atoms. The third-order valence-corrected chi connectivity index (χ3v) is 2.95. The number of carbonyl (C=O) groups is 1. The van der Waals surface area contributed by atoms with Crippen LogP contribution in [0.15, 0.2) is 28.7 Å². The van der Waals surface area contributed by atoms with Crippen LogP contribution in [0.5, 0.6) is 5.75 Å². The van der Waals surface area contributed by atoms with Crippen LogP contribution in [0, 0.1) is 5.92 Å². The molecule has 0 aliphatic heterocycles. The monoisotopic (exact) mass is 342 g/mol. The molecule has 5 heteroatoms. The lowest BCUT2D eigenvalue weighted by Gasteiger charge is -2.12. The SMILES string of the molecule is CC(C)COCCOc1c(Br)cccc1/C=C/C(=O)O. The Hall–Kier alpha value is -1.33. The van der Waals surface area contributed by atoms with Crippen molar-refractivity contribution in [3.05, 3.63) is 34.3 Å². The highest BCUT2D eigenvalue weighted by molar-refractivity contribution is 9.10. The van der Waals surface area contributed by atoms with Gasteiger partial charge >= 0.3 is 5.97 Å². The van der Waals surface area contributed by atoms with Crippen LogP contribution in [0.4, 0.5) is 0 Å². The van der Waals surface area contributed by atoms with Crippen LogP contribution in [0.1, 0.15) is 19.4 Å². The summed E-state index contributed by atoms with van der Waals surface area (Å²) in [6.07, 6.45) is 2.60. The molecule has 4 nitrogen and oxygen atoms in total. The van der Waals surface area contributed by atoms with Crippen molar-refractivity contribution in [2.24, 2.45) is 5.92 Å². The van der Waals surface area contributed by atoms with E-state index >= 15 is 0 Å². The van der Waals surface area contributed by atoms with Crippen LogP contribution >= 0.6 is 15.9 Å². The van der Waals surface area contributed by atoms with Crippen molar-refractivity contribution in [2.45, 2.75) is 13.8 Å². The number of aliphatic carboxylic acids is 1. The molecule has 0 unspecified atom stereocenters. The lowest BCUT2D eigenvalue weighted by atomic mass is 10.2. The number of benzene rings is 1. The minimum Gasteiger partial charge on any atom is -0.489 e. The van der Waals surface area contributed by atoms with E-state index in [-0.39, 0.29) is 0 Å². The molecular formula is C15H19BrO4. The summed E-state index contributed by atoms with van der Waals surface area (Å²) < 4.78 is 11.9. The fourth-order valence-electron chi connectivity index (χ4n) is 1.49. The molecule has 1 N–H and O–H groups in total. The summed E-state index contributed by atoms with van der Waals surface area (Å²) >= 11 is 3.40. The maximum Gasteiger partial charge on any atom is 0.328 e. The third-order valence-electron chi connectivity index (χ3n) is 2.33. The molecule has 0 saturated heterocycles. The zero-order valence-electron chi connectivity index (χ0n) is 11.6. The lowest BCUT2D eigenvalue weighted by Crippen LogP contribution is -2.10. The fourth-order valence-corrected chi connectivity index (χ4v) is 1.99. The van der Waals surface area contributed by atoms with E-state index in [1.54, 1.807) is 6.07 Å². The lowest BCUT2D eigenvalue weighted by molar-refractivity contribution is -0.131. The van der Waals surface area contributed by atoms with Gasteiger partial charge in [0.1, 0.15) is 12.4 Å². The first-order valence-electron chi connectivity index (χ1n) is 6.40. The largest absolute Gasteiger partial charge is 0.489 e. The van der Waals surface area contributed by atoms with Crippen molar-refractivity contribution in [3.8, 4) is 5.75 Å². The van der Waals surface area contributed by atoms with Gasteiger partial charge < -0.3 is 14.6 Å². The van der Waals surface area contributed by atoms with Crippen LogP contribution in [0.3, 0.4) is 0 Å². The Balaban J connectivity index is 2.61. The summed E-state index contributed by atoms with van der Waals surface area (Å²) in [6.45, 7) is 5.79. The molecule has 20 heavy (non-hydrogen) atoms. The topological polar surface area (TPSA) is 55.8 Å². The average molecular weight is 343 g/mol. The maximum atomic E-state index is 10.6. The summed E-state index contributed by atoms with van der Waals surface area (Å²) in [4.78, 5) is 10.6. The first-order chi connectivity index (χ1) is 9.50. The minimum absolute atomic E-state index is 0.420. The van der Waals surface area contributed by atoms with Crippen molar-refractivity contribution in [1.82, 2.24) is 0 Å². The van der Waals surface area contributed by atoms with Crippen molar-refractivity contribution in [2.75, 3.05) is 19.8 Å². The van der Waals surface area contributed by atoms with Crippen molar-refractivity contribution in [1.29, 1.82) is 0 Å². The Bertz CT molecular complexity index is 469. The predicted octanol–water partition coefficient (Wildman–Crippen LogP) is 3.60. The molecule has 0 atom stereocenters. The second-order valence-corrected chi connectivity index (χ2v) is 5.50. The van der Waals surface area contributed by atoms with E-state index < -0.39 is 5.97 Å². The van der Waals surface area contributed by atoms with Crippen LogP contribution in [-0.4, -0.2) is 30.9 Å².